The average Bonchev–Trinajstić information content (AvgIpc) is 1.57. The largest absolute Gasteiger partial charge is 0.780 e. The molecular formula is C72H92B2F2N22O20P4S2Si2-2. The van der Waals surface area contributed by atoms with Crippen molar-refractivity contribution in [2.75, 3.05) is 68.3 Å². The number of nitrogens with two attached hydrogens (primary N) is 2. The second-order valence-electron chi connectivity index (χ2n) is 32.0. The van der Waals surface area contributed by atoms with Crippen LogP contribution >= 0.6 is 28.7 Å². The van der Waals surface area contributed by atoms with Crippen molar-refractivity contribution in [1.82, 2.24) is 78.1 Å². The van der Waals surface area contributed by atoms with Gasteiger partial charge in [0.2, 0.25) is 21.9 Å². The molecule has 42 nitrogen and oxygen atoms in total. The summed E-state index contributed by atoms with van der Waals surface area (Å²) in [4.78, 5) is 95.7. The van der Waals surface area contributed by atoms with E-state index in [0.29, 0.717) is 27.9 Å². The van der Waals surface area contributed by atoms with Gasteiger partial charge in [0.15, 0.2) is 117 Å². The summed E-state index contributed by atoms with van der Waals surface area (Å²) in [5.74, 6) is -0.346. The van der Waals surface area contributed by atoms with Crippen molar-refractivity contribution in [2.45, 2.75) is 183 Å². The number of nitrogen functional groups attached to an aromatic ring is 2. The summed E-state index contributed by atoms with van der Waals surface area (Å²) in [5, 5.41) is 14.6. The van der Waals surface area contributed by atoms with Gasteiger partial charge in [-0.05, 0) is 72.3 Å². The number of fused-ring (bicyclic) bond motifs is 8. The van der Waals surface area contributed by atoms with Gasteiger partial charge in [-0.25, -0.2) is 88.7 Å². The fourth-order valence-electron chi connectivity index (χ4n) is 13.7. The number of hydrogen-bond acceptors (Lipinski definition) is 37. The van der Waals surface area contributed by atoms with E-state index in [-0.39, 0.29) is 101 Å². The maximum Gasteiger partial charge on any atom is 0.327 e. The van der Waals surface area contributed by atoms with Gasteiger partial charge in [0, 0.05) is 11.1 Å². The van der Waals surface area contributed by atoms with Gasteiger partial charge in [-0.2, -0.15) is 5.26 Å². The molecule has 6 N–H and O–H groups in total. The Morgan fingerprint density at radius 2 is 1.02 bits per heavy atom. The molecular weight excluding hydrogens is 1800 g/mol. The molecule has 0 aliphatic carbocycles. The second-order valence-corrected chi connectivity index (χ2v) is 49.3. The number of amides is 2. The number of carbonyl (C=O) groups is 2. The van der Waals surface area contributed by atoms with E-state index >= 15 is 8.78 Å². The topological polar surface area (TPSA) is 501 Å². The fourth-order valence-corrected chi connectivity index (χ4v) is 21.7. The van der Waals surface area contributed by atoms with Crippen LogP contribution < -0.4 is 27.0 Å². The lowest BCUT2D eigenvalue weighted by molar-refractivity contribution is -0.217. The number of imidazole rings is 4. The van der Waals surface area contributed by atoms with Crippen LogP contribution in [0.4, 0.5) is 32.1 Å². The third-order valence-corrected chi connectivity index (χ3v) is 36.8. The summed E-state index contributed by atoms with van der Waals surface area (Å²) in [5.41, 5.74) is 14.8. The van der Waals surface area contributed by atoms with Crippen LogP contribution in [-0.4, -0.2) is 241 Å². The molecule has 0 bridgehead atoms. The molecule has 126 heavy (non-hydrogen) atoms. The summed E-state index contributed by atoms with van der Waals surface area (Å²) < 4.78 is 157. The van der Waals surface area contributed by atoms with Crippen LogP contribution in [0.3, 0.4) is 0 Å². The third kappa shape index (κ3) is 19.5. The molecule has 0 radical (unpaired) electrons. The number of rotatable bonds is 18. The third-order valence-electron chi connectivity index (χ3n) is 22.0. The number of hydrogen-bond donors (Lipinski definition) is 4. The first-order valence-corrected chi connectivity index (χ1v) is 51.9. The molecule has 672 valence electrons. The number of benzene rings is 2. The van der Waals surface area contributed by atoms with E-state index in [4.69, 9.17) is 115 Å². The molecule has 10 aromatic rings. The van der Waals surface area contributed by atoms with Gasteiger partial charge in [-0.15, -0.1) is 0 Å². The Balaban J connectivity index is 0.000000209. The standard InChI is InChI=1S/C46H54BFN12O11P2SSi.C26H39BFN10O9P2SSi/c1-46(2,3)75(5,6)71-37-36-31(68-45(37)60-27-56-34-39(52-25-54-41(34)60)58-43(62)29-16-11-8-12-17-29)22-65-72(47,63-20-13-18-49)69-35-30(23-66-73(74,70-36)64-21-19-50-4)67-44(32(35)48)59-26-55-33-38(51-24-53-40(33)59)57-42(61)28-14-9-7-10-15-28;1-26(2,3)51(4,5)47-19-18-13(44-25(19)38-11-36-16-21(30)32-9-34-23(16)38)6-41-48(27,39)45-17-12(7-42-49(40,50)46-18)43-24(14(17)28)37-10-35-15-20(29)31-8-33-22(15)37/h7-12,14-17,24-27,30-32,35-37,44-45H,13,19-23H2,1-3,5-6,47H3,(H,51,53,57,61)(H,52,54,58,62);8-14,17-19,24-25H,6-7H2,1-5,27H3,(H,40,50)(H2,29,31,33)(H2,30,32,34)/q;-1/p-1/t30-,31-,32+,35?,36+,37?,44-,45-,72?,73?;12-,13-,14+,17?,18+,19?,24-,25-,48?,49?/m11/s1. The van der Waals surface area contributed by atoms with Gasteiger partial charge in [0.1, 0.15) is 125 Å². The number of halogens is 2. The molecule has 8 aromatic heterocycles. The molecule has 2 aromatic carbocycles. The number of aromatic nitrogens is 16. The summed E-state index contributed by atoms with van der Waals surface area (Å²) >= 11 is 11.6. The molecule has 6 aliphatic heterocycles. The van der Waals surface area contributed by atoms with Crippen LogP contribution in [0.2, 0.25) is 36.3 Å². The average molecular weight is 1890 g/mol. The smallest absolute Gasteiger partial charge is 0.327 e. The van der Waals surface area contributed by atoms with Crippen LogP contribution in [0.1, 0.15) is 93.6 Å². The van der Waals surface area contributed by atoms with Crippen LogP contribution in [-0.2, 0) is 101 Å². The lowest BCUT2D eigenvalue weighted by Gasteiger charge is -2.42. The van der Waals surface area contributed by atoms with E-state index in [2.05, 4.69) is 136 Å². The Labute approximate surface area is 734 Å². The zero-order valence-corrected chi connectivity index (χ0v) is 75.2. The minimum Gasteiger partial charge on any atom is -0.780 e. The fraction of sp³-hybridized carbons (Fsp3) is 0.500. The highest BCUT2D eigenvalue weighted by Gasteiger charge is 2.60. The molecule has 20 atom stereocenters. The molecule has 14 heterocycles. The second kappa shape index (κ2) is 37.0. The predicted molar refractivity (Wildman–Crippen MR) is 468 cm³/mol. The quantitative estimate of drug-likeness (QED) is 0.0274. The summed E-state index contributed by atoms with van der Waals surface area (Å²) in [7, 11) is -15.0. The number of carbonyl (C=O) groups excluding carboxylic acids is 2. The van der Waals surface area contributed by atoms with E-state index in [1.807, 2.05) is 13.1 Å². The number of alkyl halides is 2. The van der Waals surface area contributed by atoms with Crippen molar-refractivity contribution in [3.63, 3.8) is 0 Å². The van der Waals surface area contributed by atoms with Gasteiger partial charge in [0.25, 0.3) is 11.8 Å². The van der Waals surface area contributed by atoms with Crippen LogP contribution in [0.25, 0.3) is 49.5 Å². The summed E-state index contributed by atoms with van der Waals surface area (Å²) in [6.45, 7) is 17.8. The van der Waals surface area contributed by atoms with Crippen molar-refractivity contribution in [3.8, 4) is 6.07 Å². The first-order chi connectivity index (χ1) is 59.8. The number of nitrogens with zero attached hydrogens (tertiary/aromatic N) is 18. The van der Waals surface area contributed by atoms with Crippen LogP contribution in [0.5, 0.6) is 0 Å². The monoisotopic (exact) mass is 1890 g/mol. The lowest BCUT2D eigenvalue weighted by atomic mass is 10.1. The first-order valence-electron chi connectivity index (χ1n) is 38.7. The molecule has 6 aliphatic rings. The van der Waals surface area contributed by atoms with Gasteiger partial charge in [0.05, 0.1) is 65.2 Å². The first kappa shape index (κ1) is 92.6. The number of nitrogens with one attached hydrogen (secondary N) is 2. The molecule has 0 saturated carbocycles. The molecule has 2 amide bonds. The predicted octanol–water partition coefficient (Wildman–Crippen LogP) is 7.87. The molecule has 0 spiro atoms. The summed E-state index contributed by atoms with van der Waals surface area (Å²) in [6.07, 6.45) is -9.64. The van der Waals surface area contributed by atoms with E-state index in [1.165, 1.54) is 59.8 Å². The number of nitriles is 1. The SMILES string of the molecule is [BH3-]P1(=O)OC[C@H]2O[C@@H](n3cnc4c(N)ncnc43)C(O[Si](C)(C)C(C)(C)C)[C@H]2OP([O-])(=S)OC[C@H]2O[C@@H](n3cnc4c(N)ncnc43)[C@@H](F)C2O1.[BH3-][P+]1(OCCC#N)OC[C@H]2O[C@@H](n3cnc4c(NC(=O)c5ccccc5)ncnc43)C(O[Si](C)(C)C(C)(C)C)[C@H]2OP(=S)(OCC[N+]#[C-])OC[C@H]2O[C@@H](n3cnc4c(NC(=O)c5ccccc5)ncnc43)[C@@H](F)C2O1. The Hall–Kier alpha value is -8.14. The molecule has 6 fully saturated rings. The van der Waals surface area contributed by atoms with Crippen LogP contribution in [0, 0.1) is 17.9 Å². The zero-order chi connectivity index (χ0) is 89.8. The Kier molecular flexibility index (Phi) is 27.2. The molecule has 54 heteroatoms. The van der Waals surface area contributed by atoms with Gasteiger partial charge >= 0.3 is 6.72 Å². The minimum atomic E-state index is -4.39. The van der Waals surface area contributed by atoms with Crippen molar-refractivity contribution >= 4 is 164 Å². The highest BCUT2D eigenvalue weighted by Crippen LogP contribution is 2.64. The Bertz CT molecular complexity index is 5920. The van der Waals surface area contributed by atoms with E-state index in [9.17, 15) is 24.3 Å². The Morgan fingerprint density at radius 1 is 0.603 bits per heavy atom. The maximum absolute atomic E-state index is 17.5. The van der Waals surface area contributed by atoms with Crippen LogP contribution in [0.15, 0.2) is 111 Å². The van der Waals surface area contributed by atoms with Gasteiger partial charge in [-0.1, -0.05) is 89.7 Å². The van der Waals surface area contributed by atoms with Crippen molar-refractivity contribution in [3.05, 3.63) is 134 Å². The van der Waals surface area contributed by atoms with Crippen molar-refractivity contribution in [2.24, 2.45) is 0 Å². The zero-order valence-electron chi connectivity index (χ0n) is 68.0. The molecule has 16 rings (SSSR count). The number of ether oxygens (including phenoxy) is 4. The lowest BCUT2D eigenvalue weighted by Crippen LogP contribution is -2.49. The minimum absolute atomic E-state index is 0.00962. The molecule has 8 unspecified atom stereocenters. The van der Waals surface area contributed by atoms with Crippen molar-refractivity contribution in [1.29, 1.82) is 5.26 Å². The normalized spacial score (nSPS) is 30.6. The van der Waals surface area contributed by atoms with Crippen molar-refractivity contribution < 1.29 is 101 Å². The van der Waals surface area contributed by atoms with E-state index in [1.54, 1.807) is 69.8 Å². The highest BCUT2D eigenvalue weighted by atomic mass is 32.5. The van der Waals surface area contributed by atoms with Gasteiger partial charge in [-0.3, -0.25) is 32.4 Å². The maximum atomic E-state index is 17.5. The number of anilines is 4. The summed E-state index contributed by atoms with van der Waals surface area (Å²) in [6, 6.07) is 19.3. The van der Waals surface area contributed by atoms with E-state index in [0.717, 1.165) is 0 Å². The van der Waals surface area contributed by atoms with Gasteiger partial charge < -0.3 is 91.3 Å². The van der Waals surface area contributed by atoms with E-state index < -0.39 is 184 Å². The highest BCUT2D eigenvalue weighted by molar-refractivity contribution is 8.07. The molecule has 6 saturated heterocycles. The Morgan fingerprint density at radius 3 is 1.50 bits per heavy atom.